The van der Waals surface area contributed by atoms with Gasteiger partial charge in [-0.2, -0.15) is 0 Å². The molecule has 0 atom stereocenters. The summed E-state index contributed by atoms with van der Waals surface area (Å²) in [6.07, 6.45) is 7.21. The van der Waals surface area contributed by atoms with Crippen LogP contribution in [0.5, 0.6) is 0 Å². The van der Waals surface area contributed by atoms with Crippen LogP contribution in [0.4, 0.5) is 4.39 Å². The predicted octanol–water partition coefficient (Wildman–Crippen LogP) is 8.14. The largest absolute Gasteiger partial charge is 0.463 e. The first-order chi connectivity index (χ1) is 17.7. The molecule has 0 fully saturated rings. The third kappa shape index (κ3) is 6.37. The number of aryl methyl sites for hydroxylation is 1. The van der Waals surface area contributed by atoms with Gasteiger partial charge < -0.3 is 9.84 Å². The van der Waals surface area contributed by atoms with Crippen molar-refractivity contribution >= 4 is 12.5 Å². The SMILES string of the molecule is CCC(O)(/C=C/c1ccc(C(CC)(CC)c2ccc(-c3cc(F)cc(COC=O)c3)cc2)cc1C)CC. The standard InChI is InChI=1S/C33H39FO3/c1-6-32(36,7-2)17-16-26-10-15-30(18-24(26)5)33(8-3,9-4)29-13-11-27(12-14-29)28-19-25(22-37-23-35)20-31(34)21-28/h10-21,23,36H,6-9,22H2,1-5H3/b17-16+. The third-order valence-corrected chi connectivity index (χ3v) is 7.87. The van der Waals surface area contributed by atoms with E-state index in [1.54, 1.807) is 0 Å². The van der Waals surface area contributed by atoms with E-state index in [-0.39, 0.29) is 17.8 Å². The topological polar surface area (TPSA) is 46.5 Å². The van der Waals surface area contributed by atoms with Crippen molar-refractivity contribution in [2.24, 2.45) is 0 Å². The summed E-state index contributed by atoms with van der Waals surface area (Å²) in [6, 6.07) is 19.7. The highest BCUT2D eigenvalue weighted by Crippen LogP contribution is 2.40. The number of halogens is 1. The van der Waals surface area contributed by atoms with E-state index in [0.29, 0.717) is 24.9 Å². The van der Waals surface area contributed by atoms with Gasteiger partial charge in [0, 0.05) is 5.41 Å². The third-order valence-electron chi connectivity index (χ3n) is 7.87. The molecule has 0 aliphatic carbocycles. The fourth-order valence-corrected chi connectivity index (χ4v) is 5.14. The van der Waals surface area contributed by atoms with Crippen LogP contribution in [0.25, 0.3) is 17.2 Å². The van der Waals surface area contributed by atoms with E-state index in [1.807, 2.05) is 44.2 Å². The van der Waals surface area contributed by atoms with Crippen LogP contribution in [0.2, 0.25) is 0 Å². The fraction of sp³-hybridized carbons (Fsp3) is 0.364. The number of aliphatic hydroxyl groups is 1. The molecule has 0 unspecified atom stereocenters. The zero-order valence-electron chi connectivity index (χ0n) is 22.7. The van der Waals surface area contributed by atoms with Crippen LogP contribution < -0.4 is 0 Å². The average Bonchev–Trinajstić information content (AvgIpc) is 2.92. The predicted molar refractivity (Wildman–Crippen MR) is 150 cm³/mol. The number of ether oxygens (including phenoxy) is 1. The minimum atomic E-state index is -0.770. The molecule has 3 aromatic rings. The van der Waals surface area contributed by atoms with Crippen LogP contribution in [-0.2, 0) is 21.6 Å². The number of benzene rings is 3. The van der Waals surface area contributed by atoms with Crippen LogP contribution in [0.1, 0.15) is 81.2 Å². The molecule has 0 amide bonds. The Balaban J connectivity index is 1.95. The number of hydrogen-bond donors (Lipinski definition) is 1. The Bertz CT molecular complexity index is 1220. The van der Waals surface area contributed by atoms with E-state index in [2.05, 4.69) is 51.1 Å². The lowest BCUT2D eigenvalue weighted by Crippen LogP contribution is -2.26. The average molecular weight is 503 g/mol. The van der Waals surface area contributed by atoms with Gasteiger partial charge in [0.2, 0.25) is 0 Å². The lowest BCUT2D eigenvalue weighted by Gasteiger charge is -2.34. The highest BCUT2D eigenvalue weighted by Gasteiger charge is 2.31. The molecule has 0 spiro atoms. The van der Waals surface area contributed by atoms with Gasteiger partial charge in [-0.25, -0.2) is 4.39 Å². The summed E-state index contributed by atoms with van der Waals surface area (Å²) in [5.41, 5.74) is 6.13. The van der Waals surface area contributed by atoms with E-state index in [0.717, 1.165) is 29.5 Å². The molecule has 0 saturated heterocycles. The highest BCUT2D eigenvalue weighted by atomic mass is 19.1. The maximum atomic E-state index is 14.2. The molecule has 3 aromatic carbocycles. The molecule has 0 heterocycles. The van der Waals surface area contributed by atoms with Gasteiger partial charge in [-0.3, -0.25) is 4.79 Å². The Morgan fingerprint density at radius 1 is 0.838 bits per heavy atom. The van der Waals surface area contributed by atoms with Crippen molar-refractivity contribution in [2.45, 2.75) is 77.9 Å². The molecule has 3 nitrogen and oxygen atoms in total. The Morgan fingerprint density at radius 2 is 1.49 bits per heavy atom. The van der Waals surface area contributed by atoms with Crippen molar-refractivity contribution < 1.29 is 19.0 Å². The molecule has 1 N–H and O–H groups in total. The maximum absolute atomic E-state index is 14.2. The number of carbonyl (C=O) groups is 1. The Kier molecular flexibility index (Phi) is 9.45. The van der Waals surface area contributed by atoms with E-state index in [9.17, 15) is 14.3 Å². The smallest absolute Gasteiger partial charge is 0.293 e. The van der Waals surface area contributed by atoms with Gasteiger partial charge in [0.05, 0.1) is 5.60 Å². The zero-order valence-corrected chi connectivity index (χ0v) is 22.7. The fourth-order valence-electron chi connectivity index (χ4n) is 5.14. The molecule has 196 valence electrons. The molecule has 0 saturated carbocycles. The van der Waals surface area contributed by atoms with E-state index >= 15 is 0 Å². The minimum absolute atomic E-state index is 0.0435. The number of rotatable bonds is 12. The minimum Gasteiger partial charge on any atom is -0.463 e. The van der Waals surface area contributed by atoms with Crippen LogP contribution in [0.15, 0.2) is 66.7 Å². The van der Waals surface area contributed by atoms with Crippen LogP contribution in [-0.4, -0.2) is 17.2 Å². The van der Waals surface area contributed by atoms with Crippen molar-refractivity contribution in [1.29, 1.82) is 0 Å². The summed E-state index contributed by atoms with van der Waals surface area (Å²) < 4.78 is 19.0. The van der Waals surface area contributed by atoms with Gasteiger partial charge in [0.25, 0.3) is 6.47 Å². The second-order valence-corrected chi connectivity index (χ2v) is 9.84. The van der Waals surface area contributed by atoms with Crippen molar-refractivity contribution in [3.8, 4) is 11.1 Å². The molecule has 0 aromatic heterocycles. The molecule has 0 aliphatic rings. The van der Waals surface area contributed by atoms with E-state index < -0.39 is 5.60 Å². The molecule has 0 bridgehead atoms. The molecule has 0 radical (unpaired) electrons. The first-order valence-electron chi connectivity index (χ1n) is 13.2. The molecular formula is C33H39FO3. The maximum Gasteiger partial charge on any atom is 0.293 e. The summed E-state index contributed by atoms with van der Waals surface area (Å²) in [5.74, 6) is -0.358. The van der Waals surface area contributed by atoms with Crippen LogP contribution in [0.3, 0.4) is 0 Å². The normalized spacial score (nSPS) is 12.2. The van der Waals surface area contributed by atoms with E-state index in [4.69, 9.17) is 4.74 Å². The molecule has 37 heavy (non-hydrogen) atoms. The van der Waals surface area contributed by atoms with Gasteiger partial charge in [0.15, 0.2) is 0 Å². The molecule has 0 aliphatic heterocycles. The van der Waals surface area contributed by atoms with Crippen LogP contribution in [0, 0.1) is 12.7 Å². The lowest BCUT2D eigenvalue weighted by molar-refractivity contribution is -0.129. The number of carbonyl (C=O) groups excluding carboxylic acids is 1. The van der Waals surface area contributed by atoms with Crippen molar-refractivity contribution in [3.05, 3.63) is 100 Å². The van der Waals surface area contributed by atoms with Gasteiger partial charge >= 0.3 is 0 Å². The summed E-state index contributed by atoms with van der Waals surface area (Å²) in [6.45, 7) is 11.0. The van der Waals surface area contributed by atoms with Crippen molar-refractivity contribution in [3.63, 3.8) is 0 Å². The number of hydrogen-bond acceptors (Lipinski definition) is 3. The second kappa shape index (κ2) is 12.3. The van der Waals surface area contributed by atoms with Crippen LogP contribution >= 0.6 is 0 Å². The first kappa shape index (κ1) is 28.3. The highest BCUT2D eigenvalue weighted by molar-refractivity contribution is 5.65. The van der Waals surface area contributed by atoms with Gasteiger partial charge in [-0.15, -0.1) is 0 Å². The Morgan fingerprint density at radius 3 is 2.05 bits per heavy atom. The zero-order chi connectivity index (χ0) is 27.1. The second-order valence-electron chi connectivity index (χ2n) is 9.84. The Hall–Kier alpha value is -3.24. The van der Waals surface area contributed by atoms with Crippen molar-refractivity contribution in [2.75, 3.05) is 0 Å². The van der Waals surface area contributed by atoms with Gasteiger partial charge in [0.1, 0.15) is 12.4 Å². The molecule has 3 rings (SSSR count). The summed E-state index contributed by atoms with van der Waals surface area (Å²) in [7, 11) is 0. The van der Waals surface area contributed by atoms with Crippen molar-refractivity contribution in [1.82, 2.24) is 0 Å². The summed E-state index contributed by atoms with van der Waals surface area (Å²) in [5, 5.41) is 10.6. The lowest BCUT2D eigenvalue weighted by atomic mass is 9.70. The monoisotopic (exact) mass is 502 g/mol. The first-order valence-corrected chi connectivity index (χ1v) is 13.2. The molecular weight excluding hydrogens is 463 g/mol. The molecule has 4 heteroatoms. The van der Waals surface area contributed by atoms with E-state index in [1.165, 1.54) is 28.8 Å². The quantitative estimate of drug-likeness (QED) is 0.254. The Labute approximate surface area is 221 Å². The van der Waals surface area contributed by atoms with Gasteiger partial charge in [-0.05, 0) is 89.8 Å². The summed E-state index contributed by atoms with van der Waals surface area (Å²) >= 11 is 0. The summed E-state index contributed by atoms with van der Waals surface area (Å²) in [4.78, 5) is 10.5. The van der Waals surface area contributed by atoms with Gasteiger partial charge in [-0.1, -0.05) is 82.3 Å².